The highest BCUT2D eigenvalue weighted by atomic mass is 28.3. The van der Waals surface area contributed by atoms with Crippen molar-refractivity contribution < 1.29 is 19.0 Å². The summed E-state index contributed by atoms with van der Waals surface area (Å²) in [6.07, 6.45) is 2.36. The summed E-state index contributed by atoms with van der Waals surface area (Å²) in [6, 6.07) is 33.7. The van der Waals surface area contributed by atoms with Gasteiger partial charge in [-0.2, -0.15) is 5.10 Å². The number of urea groups is 1. The summed E-state index contributed by atoms with van der Waals surface area (Å²) in [7, 11) is -1.19. The molecule has 0 unspecified atom stereocenters. The monoisotopic (exact) mass is 745 g/mol. The van der Waals surface area contributed by atoms with Gasteiger partial charge in [-0.15, -0.1) is 0 Å². The first-order valence-electron chi connectivity index (χ1n) is 19.2. The van der Waals surface area contributed by atoms with Crippen LogP contribution in [0.3, 0.4) is 0 Å². The van der Waals surface area contributed by atoms with Crippen molar-refractivity contribution in [3.8, 4) is 0 Å². The van der Waals surface area contributed by atoms with Crippen LogP contribution in [0.25, 0.3) is 10.9 Å². The Bertz CT molecular complexity index is 2050. The van der Waals surface area contributed by atoms with Gasteiger partial charge in [0.2, 0.25) is 0 Å². The average Bonchev–Trinajstić information content (AvgIpc) is 3.68. The van der Waals surface area contributed by atoms with Gasteiger partial charge in [0.1, 0.15) is 18.9 Å². The second-order valence-electron chi connectivity index (χ2n) is 16.7. The summed E-state index contributed by atoms with van der Waals surface area (Å²) >= 11 is 0. The Labute approximate surface area is 321 Å². The Kier molecular flexibility index (Phi) is 11.0. The first kappa shape index (κ1) is 37.8. The summed E-state index contributed by atoms with van der Waals surface area (Å²) in [5, 5.41) is 5.68. The van der Waals surface area contributed by atoms with Crippen molar-refractivity contribution in [2.75, 3.05) is 12.3 Å². The number of nitrogens with two attached hydrogens (primary N) is 1. The van der Waals surface area contributed by atoms with E-state index in [0.29, 0.717) is 38.3 Å². The maximum absolute atomic E-state index is 15.5. The zero-order chi connectivity index (χ0) is 38.0. The van der Waals surface area contributed by atoms with Gasteiger partial charge < -0.3 is 29.7 Å². The lowest BCUT2D eigenvalue weighted by molar-refractivity contribution is -0.157. The van der Waals surface area contributed by atoms with Gasteiger partial charge in [-0.05, 0) is 85.7 Å². The predicted molar refractivity (Wildman–Crippen MR) is 218 cm³/mol. The number of carbonyl (C=O) groups is 1. The Morgan fingerprint density at radius 1 is 0.778 bits per heavy atom. The maximum Gasteiger partial charge on any atom is 0.321 e. The van der Waals surface area contributed by atoms with E-state index in [1.165, 1.54) is 0 Å². The van der Waals surface area contributed by atoms with E-state index in [0.717, 1.165) is 51.4 Å². The number of ether oxygens (including phenoxy) is 3. The van der Waals surface area contributed by atoms with Gasteiger partial charge in [-0.3, -0.25) is 0 Å². The topological polar surface area (TPSA) is 95.1 Å². The molecule has 1 aromatic heterocycles. The molecule has 2 N–H and O–H groups in total. The van der Waals surface area contributed by atoms with Crippen molar-refractivity contribution >= 4 is 30.7 Å². The molecule has 5 aromatic rings. The van der Waals surface area contributed by atoms with Crippen molar-refractivity contribution in [2.45, 2.75) is 109 Å². The fourth-order valence-electron chi connectivity index (χ4n) is 7.80. The highest BCUT2D eigenvalue weighted by Crippen LogP contribution is 2.40. The summed E-state index contributed by atoms with van der Waals surface area (Å²) < 4.78 is 21.7. The molecule has 2 aliphatic heterocycles. The van der Waals surface area contributed by atoms with E-state index in [1.807, 2.05) is 65.7 Å². The van der Waals surface area contributed by atoms with Gasteiger partial charge in [0.15, 0.2) is 5.79 Å². The molecule has 0 bridgehead atoms. The molecule has 2 amide bonds. The van der Waals surface area contributed by atoms with Crippen molar-refractivity contribution in [3.63, 3.8) is 0 Å². The molecule has 2 aliphatic rings. The standard InChI is InChI=1S/C44H55N5O4Si/c1-31-17-18-35(24-37(31)45)29-48-40(26-33-15-11-8-12-16-33)42-41(52-44(2,3)53-42)39(25-32-13-9-7-10-14-32)47(43(48)50)28-34-19-20-38-36(23-34)27-46-49(38)30-51-21-22-54(4,5)6/h7-20,23-24,27,39-42H,21-22,25-26,28-30,45H2,1-6H3/t39-,40-,41+,42+/m1/s1. The van der Waals surface area contributed by atoms with E-state index in [1.54, 1.807) is 0 Å². The van der Waals surface area contributed by atoms with Crippen LogP contribution in [0, 0.1) is 6.92 Å². The second-order valence-corrected chi connectivity index (χ2v) is 22.3. The van der Waals surface area contributed by atoms with Gasteiger partial charge in [0.25, 0.3) is 0 Å². The fraction of sp³-hybridized carbons (Fsp3) is 0.409. The molecule has 2 fully saturated rings. The molecular weight excluding hydrogens is 691 g/mol. The van der Waals surface area contributed by atoms with Gasteiger partial charge in [-0.25, -0.2) is 9.48 Å². The molecule has 10 heteroatoms. The largest absolute Gasteiger partial charge is 0.399 e. The number of amides is 2. The molecule has 54 heavy (non-hydrogen) atoms. The minimum absolute atomic E-state index is 0.0537. The van der Waals surface area contributed by atoms with E-state index < -0.39 is 13.9 Å². The Morgan fingerprint density at radius 3 is 1.89 bits per heavy atom. The second kappa shape index (κ2) is 15.7. The van der Waals surface area contributed by atoms with Crippen LogP contribution < -0.4 is 5.73 Å². The molecule has 284 valence electrons. The lowest BCUT2D eigenvalue weighted by Gasteiger charge is -2.37. The van der Waals surface area contributed by atoms with Crippen molar-refractivity contribution in [1.29, 1.82) is 0 Å². The zero-order valence-electron chi connectivity index (χ0n) is 32.6. The van der Waals surface area contributed by atoms with E-state index in [9.17, 15) is 0 Å². The lowest BCUT2D eigenvalue weighted by Crippen LogP contribution is -2.51. The Morgan fingerprint density at radius 2 is 1.33 bits per heavy atom. The van der Waals surface area contributed by atoms with E-state index in [2.05, 4.69) is 97.5 Å². The van der Waals surface area contributed by atoms with Crippen molar-refractivity contribution in [2.24, 2.45) is 0 Å². The Hall–Kier alpha value is -4.48. The number of aryl methyl sites for hydroxylation is 1. The summed E-state index contributed by atoms with van der Waals surface area (Å²) in [4.78, 5) is 19.5. The molecule has 3 heterocycles. The van der Waals surface area contributed by atoms with Crippen LogP contribution in [0.5, 0.6) is 0 Å². The molecule has 4 aromatic carbocycles. The van der Waals surface area contributed by atoms with E-state index in [-0.39, 0.29) is 30.3 Å². The summed E-state index contributed by atoms with van der Waals surface area (Å²) in [5.41, 5.74) is 13.4. The first-order chi connectivity index (χ1) is 25.8. The van der Waals surface area contributed by atoms with E-state index in [4.69, 9.17) is 19.9 Å². The van der Waals surface area contributed by atoms with Crippen LogP contribution in [0.2, 0.25) is 25.7 Å². The number of nitrogen functional groups attached to an aromatic ring is 1. The predicted octanol–water partition coefficient (Wildman–Crippen LogP) is 8.42. The first-order valence-corrected chi connectivity index (χ1v) is 22.9. The molecule has 0 aliphatic carbocycles. The highest BCUT2D eigenvalue weighted by Gasteiger charge is 2.55. The van der Waals surface area contributed by atoms with Crippen molar-refractivity contribution in [3.05, 3.63) is 131 Å². The minimum Gasteiger partial charge on any atom is -0.399 e. The van der Waals surface area contributed by atoms with Gasteiger partial charge >= 0.3 is 6.03 Å². The van der Waals surface area contributed by atoms with Crippen LogP contribution >= 0.6 is 0 Å². The number of hydrogen-bond acceptors (Lipinski definition) is 6. The third-order valence-electron chi connectivity index (χ3n) is 10.8. The van der Waals surface area contributed by atoms with Crippen LogP contribution in [0.1, 0.15) is 41.7 Å². The smallest absolute Gasteiger partial charge is 0.321 e. The normalized spacial score (nSPS) is 21.4. The fourth-order valence-corrected chi connectivity index (χ4v) is 8.55. The zero-order valence-corrected chi connectivity index (χ0v) is 33.6. The number of benzene rings is 4. The number of carbonyl (C=O) groups excluding carboxylic acids is 1. The third kappa shape index (κ3) is 8.73. The average molecular weight is 746 g/mol. The number of aromatic nitrogens is 2. The van der Waals surface area contributed by atoms with Crippen LogP contribution in [-0.2, 0) is 46.9 Å². The van der Waals surface area contributed by atoms with Gasteiger partial charge in [0, 0.05) is 38.8 Å². The van der Waals surface area contributed by atoms with E-state index >= 15 is 4.79 Å². The molecule has 7 rings (SSSR count). The quantitative estimate of drug-likeness (QED) is 0.0739. The number of nitrogens with zero attached hydrogens (tertiary/aromatic N) is 4. The molecule has 0 saturated carbocycles. The number of anilines is 1. The van der Waals surface area contributed by atoms with Gasteiger partial charge in [0.05, 0.1) is 23.8 Å². The maximum atomic E-state index is 15.5. The third-order valence-corrected chi connectivity index (χ3v) is 12.5. The number of fused-ring (bicyclic) bond motifs is 2. The SMILES string of the molecule is Cc1ccc(CN2C(=O)N(Cc3ccc4c(cnn4COCC[Si](C)(C)C)c3)[C@H](Cc3ccccc3)[C@@H]3OC(C)(C)O[C@H]3[C@H]2Cc2ccccc2)cc1N. The molecule has 2 saturated heterocycles. The lowest BCUT2D eigenvalue weighted by atomic mass is 9.91. The number of hydrogen-bond donors (Lipinski definition) is 1. The summed E-state index contributed by atoms with van der Waals surface area (Å²) in [6.45, 7) is 15.0. The molecular formula is C44H55N5O4Si. The van der Waals surface area contributed by atoms with Crippen LogP contribution in [0.4, 0.5) is 10.5 Å². The van der Waals surface area contributed by atoms with Gasteiger partial charge in [-0.1, -0.05) is 98.5 Å². The highest BCUT2D eigenvalue weighted by molar-refractivity contribution is 6.76. The van der Waals surface area contributed by atoms with Crippen LogP contribution in [-0.4, -0.2) is 70.4 Å². The molecule has 4 atom stereocenters. The molecule has 0 spiro atoms. The summed E-state index contributed by atoms with van der Waals surface area (Å²) in [5.74, 6) is -0.837. The van der Waals surface area contributed by atoms with Crippen molar-refractivity contribution in [1.82, 2.24) is 19.6 Å². The van der Waals surface area contributed by atoms with Crippen LogP contribution in [0.15, 0.2) is 103 Å². The number of rotatable bonds is 13. The minimum atomic E-state index is -1.19. The molecule has 9 nitrogen and oxygen atoms in total. The Balaban J connectivity index is 1.28. The molecule has 0 radical (unpaired) electrons.